The molecule has 2 amide bonds. The van der Waals surface area contributed by atoms with Crippen LogP contribution < -0.4 is 9.62 Å². The number of halogens is 2. The van der Waals surface area contributed by atoms with E-state index in [-0.39, 0.29) is 18.5 Å². The second kappa shape index (κ2) is 12.8. The van der Waals surface area contributed by atoms with Crippen LogP contribution >= 0.6 is 23.2 Å². The maximum Gasteiger partial charge on any atom is 0.244 e. The van der Waals surface area contributed by atoms with Gasteiger partial charge in [0.2, 0.25) is 21.8 Å². The first kappa shape index (κ1) is 29.9. The molecular weight excluding hydrogens is 521 g/mol. The van der Waals surface area contributed by atoms with Crippen LogP contribution in [0.1, 0.15) is 50.3 Å². The molecule has 0 aliphatic heterocycles. The van der Waals surface area contributed by atoms with Gasteiger partial charge in [0, 0.05) is 22.6 Å². The fraction of sp³-hybridized carbons (Fsp3) is 0.462. The van der Waals surface area contributed by atoms with Crippen LogP contribution in [0.3, 0.4) is 0 Å². The average Bonchev–Trinajstić information content (AvgIpc) is 2.78. The predicted octanol–water partition coefficient (Wildman–Crippen LogP) is 5.10. The quantitative estimate of drug-likeness (QED) is 0.418. The molecule has 2 aromatic carbocycles. The Kier molecular flexibility index (Phi) is 10.6. The van der Waals surface area contributed by atoms with E-state index >= 15 is 0 Å². The summed E-state index contributed by atoms with van der Waals surface area (Å²) in [5.74, 6) is -0.816. The van der Waals surface area contributed by atoms with Gasteiger partial charge in [-0.1, -0.05) is 61.3 Å². The average molecular weight is 557 g/mol. The van der Waals surface area contributed by atoms with Crippen LogP contribution in [0.4, 0.5) is 5.69 Å². The molecule has 2 rings (SSSR count). The monoisotopic (exact) mass is 555 g/mol. The van der Waals surface area contributed by atoms with Crippen molar-refractivity contribution >= 4 is 50.7 Å². The number of hydrogen-bond donors (Lipinski definition) is 1. The maximum atomic E-state index is 13.8. The molecule has 1 N–H and O–H groups in total. The van der Waals surface area contributed by atoms with Gasteiger partial charge in [-0.05, 0) is 62.4 Å². The number of rotatable bonds is 11. The third kappa shape index (κ3) is 7.60. The molecule has 0 bridgehead atoms. The summed E-state index contributed by atoms with van der Waals surface area (Å²) in [6, 6.07) is 9.45. The SMILES string of the molecule is CC[C@H](C(=O)N[C@@H](C)CC)N(Cc1ccc(Cl)cc1Cl)C(=O)CN(c1c(C)cccc1C)S(C)(=O)=O. The lowest BCUT2D eigenvalue weighted by Gasteiger charge is -2.34. The van der Waals surface area contributed by atoms with Crippen LogP contribution in [0.5, 0.6) is 0 Å². The standard InChI is InChI=1S/C26H35Cl2N3O4S/c1-7-19(5)29-26(33)23(8-2)30(15-20-12-13-21(27)14-22(20)28)24(32)16-31(36(6,34)35)25-17(3)10-9-11-18(25)4/h9-14,19,23H,7-8,15-16H2,1-6H3,(H,29,33)/t19-,23+/m0/s1. The Labute approximate surface area is 224 Å². The molecule has 0 radical (unpaired) electrons. The summed E-state index contributed by atoms with van der Waals surface area (Å²) >= 11 is 12.4. The molecular formula is C26H35Cl2N3O4S. The van der Waals surface area contributed by atoms with Crippen LogP contribution in [0.25, 0.3) is 0 Å². The predicted molar refractivity (Wildman–Crippen MR) is 147 cm³/mol. The molecule has 0 spiro atoms. The second-order valence-electron chi connectivity index (χ2n) is 9.01. The number of para-hydroxylation sites is 1. The van der Waals surface area contributed by atoms with E-state index in [1.54, 1.807) is 44.2 Å². The number of aryl methyl sites for hydroxylation is 2. The van der Waals surface area contributed by atoms with E-state index in [9.17, 15) is 18.0 Å². The molecule has 7 nitrogen and oxygen atoms in total. The molecule has 0 saturated heterocycles. The third-order valence-electron chi connectivity index (χ3n) is 6.11. The normalized spacial score (nSPS) is 13.1. The van der Waals surface area contributed by atoms with Crippen molar-refractivity contribution in [1.82, 2.24) is 10.2 Å². The van der Waals surface area contributed by atoms with E-state index in [2.05, 4.69) is 5.32 Å². The molecule has 0 fully saturated rings. The minimum atomic E-state index is -3.81. The van der Waals surface area contributed by atoms with Crippen molar-refractivity contribution in [3.8, 4) is 0 Å². The van der Waals surface area contributed by atoms with Crippen molar-refractivity contribution in [2.45, 2.75) is 66.1 Å². The minimum absolute atomic E-state index is 0.0195. The summed E-state index contributed by atoms with van der Waals surface area (Å²) in [6.07, 6.45) is 2.13. The Morgan fingerprint density at radius 2 is 1.64 bits per heavy atom. The van der Waals surface area contributed by atoms with Gasteiger partial charge < -0.3 is 10.2 Å². The fourth-order valence-electron chi connectivity index (χ4n) is 3.97. The summed E-state index contributed by atoms with van der Waals surface area (Å²) in [7, 11) is -3.81. The molecule has 0 aliphatic rings. The number of sulfonamides is 1. The van der Waals surface area contributed by atoms with Gasteiger partial charge in [0.1, 0.15) is 12.6 Å². The largest absolute Gasteiger partial charge is 0.352 e. The van der Waals surface area contributed by atoms with Crippen LogP contribution in [-0.2, 0) is 26.2 Å². The number of amides is 2. The van der Waals surface area contributed by atoms with Gasteiger partial charge in [-0.3, -0.25) is 13.9 Å². The lowest BCUT2D eigenvalue weighted by atomic mass is 10.1. The topological polar surface area (TPSA) is 86.8 Å². The van der Waals surface area contributed by atoms with Crippen molar-refractivity contribution in [3.63, 3.8) is 0 Å². The van der Waals surface area contributed by atoms with Gasteiger partial charge >= 0.3 is 0 Å². The Balaban J connectivity index is 2.53. The Morgan fingerprint density at radius 1 is 1.03 bits per heavy atom. The molecule has 36 heavy (non-hydrogen) atoms. The summed E-state index contributed by atoms with van der Waals surface area (Å²) in [6.45, 7) is 8.81. The smallest absolute Gasteiger partial charge is 0.244 e. The van der Waals surface area contributed by atoms with Gasteiger partial charge in [-0.15, -0.1) is 0 Å². The first-order valence-corrected chi connectivity index (χ1v) is 14.5. The maximum absolute atomic E-state index is 13.8. The highest BCUT2D eigenvalue weighted by molar-refractivity contribution is 7.92. The van der Waals surface area contributed by atoms with Crippen molar-refractivity contribution < 1.29 is 18.0 Å². The van der Waals surface area contributed by atoms with Crippen LogP contribution in [-0.4, -0.2) is 50.0 Å². The molecule has 198 valence electrons. The minimum Gasteiger partial charge on any atom is -0.352 e. The second-order valence-corrected chi connectivity index (χ2v) is 11.8. The van der Waals surface area contributed by atoms with E-state index < -0.39 is 28.5 Å². The molecule has 0 heterocycles. The number of benzene rings is 2. The number of nitrogens with zero attached hydrogens (tertiary/aromatic N) is 2. The van der Waals surface area contributed by atoms with Gasteiger partial charge in [-0.2, -0.15) is 0 Å². The fourth-order valence-corrected chi connectivity index (χ4v) is 5.40. The van der Waals surface area contributed by atoms with Crippen molar-refractivity contribution in [3.05, 3.63) is 63.1 Å². The highest BCUT2D eigenvalue weighted by atomic mass is 35.5. The molecule has 0 aromatic heterocycles. The zero-order valence-corrected chi connectivity index (χ0v) is 24.0. The van der Waals surface area contributed by atoms with E-state index in [1.165, 1.54) is 4.90 Å². The first-order valence-electron chi connectivity index (χ1n) is 11.9. The number of anilines is 1. The van der Waals surface area contributed by atoms with E-state index in [4.69, 9.17) is 23.2 Å². The van der Waals surface area contributed by atoms with Crippen LogP contribution in [0, 0.1) is 13.8 Å². The Bertz CT molecular complexity index is 1180. The van der Waals surface area contributed by atoms with E-state index in [0.717, 1.165) is 28.1 Å². The van der Waals surface area contributed by atoms with Gasteiger partial charge in [-0.25, -0.2) is 8.42 Å². The molecule has 2 aromatic rings. The number of nitrogens with one attached hydrogen (secondary N) is 1. The van der Waals surface area contributed by atoms with Gasteiger partial charge in [0.25, 0.3) is 0 Å². The number of hydrogen-bond acceptors (Lipinski definition) is 4. The lowest BCUT2D eigenvalue weighted by molar-refractivity contribution is -0.140. The van der Waals surface area contributed by atoms with E-state index in [1.807, 2.05) is 26.8 Å². The highest BCUT2D eigenvalue weighted by Gasteiger charge is 2.33. The van der Waals surface area contributed by atoms with E-state index in [0.29, 0.717) is 27.7 Å². The molecule has 2 atom stereocenters. The highest BCUT2D eigenvalue weighted by Crippen LogP contribution is 2.28. The molecule has 0 aliphatic carbocycles. The Hall–Kier alpha value is -2.29. The zero-order chi connectivity index (χ0) is 27.2. The van der Waals surface area contributed by atoms with Crippen molar-refractivity contribution in [2.75, 3.05) is 17.1 Å². The molecule has 0 unspecified atom stereocenters. The van der Waals surface area contributed by atoms with Gasteiger partial charge in [0.05, 0.1) is 11.9 Å². The summed E-state index contributed by atoms with van der Waals surface area (Å²) in [5.41, 5.74) is 2.50. The Morgan fingerprint density at radius 3 is 2.14 bits per heavy atom. The van der Waals surface area contributed by atoms with Crippen LogP contribution in [0.15, 0.2) is 36.4 Å². The molecule has 10 heteroatoms. The van der Waals surface area contributed by atoms with Crippen molar-refractivity contribution in [2.24, 2.45) is 0 Å². The van der Waals surface area contributed by atoms with Gasteiger partial charge in [0.15, 0.2) is 0 Å². The summed E-state index contributed by atoms with van der Waals surface area (Å²) < 4.78 is 26.8. The first-order chi connectivity index (χ1) is 16.8. The number of carbonyl (C=O) groups is 2. The third-order valence-corrected chi connectivity index (χ3v) is 7.81. The molecule has 0 saturated carbocycles. The van der Waals surface area contributed by atoms with Crippen LogP contribution in [0.2, 0.25) is 10.0 Å². The number of carbonyl (C=O) groups excluding carboxylic acids is 2. The summed E-state index contributed by atoms with van der Waals surface area (Å²) in [5, 5.41) is 3.74. The zero-order valence-electron chi connectivity index (χ0n) is 21.6. The van der Waals surface area contributed by atoms with Crippen molar-refractivity contribution in [1.29, 1.82) is 0 Å². The summed E-state index contributed by atoms with van der Waals surface area (Å²) in [4.78, 5) is 28.4. The lowest BCUT2D eigenvalue weighted by Crippen LogP contribution is -2.53.